The number of unbranched alkanes of at least 4 members (excludes halogenated alkanes) is 22. The first-order valence-electron chi connectivity index (χ1n) is 22.0. The topological polar surface area (TPSA) is 131 Å². The molecule has 54 heavy (non-hydrogen) atoms. The van der Waals surface area contributed by atoms with E-state index in [1.54, 1.807) is 0 Å². The van der Waals surface area contributed by atoms with Crippen molar-refractivity contribution in [3.63, 3.8) is 0 Å². The summed E-state index contributed by atoms with van der Waals surface area (Å²) in [5.74, 6) is -0.531. The molecule has 0 aromatic rings. The van der Waals surface area contributed by atoms with Crippen LogP contribution in [0.3, 0.4) is 0 Å². The van der Waals surface area contributed by atoms with Crippen molar-refractivity contribution < 1.29 is 37.9 Å². The van der Waals surface area contributed by atoms with Crippen molar-refractivity contribution in [2.75, 3.05) is 26.4 Å². The van der Waals surface area contributed by atoms with Crippen molar-refractivity contribution in [1.29, 1.82) is 0 Å². The quantitative estimate of drug-likeness (QED) is 0.0242. The summed E-state index contributed by atoms with van der Waals surface area (Å²) in [5.41, 5.74) is 0. The van der Waals surface area contributed by atoms with E-state index in [0.717, 1.165) is 70.6 Å². The van der Waals surface area contributed by atoms with Gasteiger partial charge < -0.3 is 20.1 Å². The molecule has 0 aromatic heterocycles. The van der Waals surface area contributed by atoms with Crippen molar-refractivity contribution in [1.82, 2.24) is 5.32 Å². The van der Waals surface area contributed by atoms with Gasteiger partial charge >= 0.3 is 13.8 Å². The second-order valence-electron chi connectivity index (χ2n) is 14.7. The number of hydrogen-bond acceptors (Lipinski definition) is 7. The van der Waals surface area contributed by atoms with E-state index in [-0.39, 0.29) is 32.1 Å². The van der Waals surface area contributed by atoms with E-state index < -0.39 is 26.5 Å². The fourth-order valence-electron chi connectivity index (χ4n) is 5.93. The minimum Gasteiger partial charge on any atom is -0.463 e. The first-order chi connectivity index (χ1) is 26.3. The monoisotopic (exact) mass is 784 g/mol. The maximum absolute atomic E-state index is 12.1. The molecule has 3 N–H and O–H groups in total. The molecule has 10 heteroatoms. The van der Waals surface area contributed by atoms with Crippen LogP contribution >= 0.6 is 7.82 Å². The van der Waals surface area contributed by atoms with E-state index in [1.807, 2.05) is 0 Å². The number of carbonyl (C=O) groups excluding carboxylic acids is 2. The molecule has 0 fully saturated rings. The highest BCUT2D eigenvalue weighted by atomic mass is 31.2. The molecule has 0 aliphatic heterocycles. The van der Waals surface area contributed by atoms with Gasteiger partial charge in [-0.15, -0.1) is 0 Å². The standard InChI is InChI=1S/C44H82NO8P/c1-3-5-7-9-11-13-15-17-19-21-23-25-27-29-31-33-35-37-44(48)51-40-42(46)41-53-54(49,50)52-39-38-45-43(47)36-34-32-30-28-26-24-22-20-18-16-14-12-10-8-6-4-2/h11,13,17,19-20,22,42,46H,3-10,12,14-16,18,21,23-41H2,1-2H3,(H,45,47)(H,49,50)/b13-11-,19-17-,22-20-. The Hall–Kier alpha value is -1.77. The molecule has 1 amide bonds. The number of aliphatic hydroxyl groups is 1. The SMILES string of the molecule is CCCCC/C=C\C/C=C\CCCCCCCCCC(=O)OCC(O)COP(=O)(O)OCCNC(=O)CCCCCCC/C=C\CCCCCCCCC. The van der Waals surface area contributed by atoms with Gasteiger partial charge in [0.15, 0.2) is 0 Å². The molecule has 316 valence electrons. The summed E-state index contributed by atoms with van der Waals surface area (Å²) in [6.45, 7) is 3.51. The summed E-state index contributed by atoms with van der Waals surface area (Å²) in [7, 11) is -4.42. The second-order valence-corrected chi connectivity index (χ2v) is 16.1. The zero-order valence-electron chi connectivity index (χ0n) is 34.7. The van der Waals surface area contributed by atoms with Crippen molar-refractivity contribution in [2.45, 2.75) is 206 Å². The van der Waals surface area contributed by atoms with E-state index in [0.29, 0.717) is 6.42 Å². The Morgan fingerprint density at radius 3 is 1.54 bits per heavy atom. The minimum absolute atomic E-state index is 0.0767. The zero-order valence-corrected chi connectivity index (χ0v) is 35.6. The lowest BCUT2D eigenvalue weighted by Gasteiger charge is -2.15. The molecule has 0 bridgehead atoms. The molecular formula is C44H82NO8P. The molecule has 0 heterocycles. The Balaban J connectivity index is 3.61. The van der Waals surface area contributed by atoms with Gasteiger partial charge in [-0.25, -0.2) is 4.57 Å². The Morgan fingerprint density at radius 1 is 0.574 bits per heavy atom. The number of ether oxygens (including phenoxy) is 1. The van der Waals surface area contributed by atoms with E-state index in [9.17, 15) is 24.2 Å². The van der Waals surface area contributed by atoms with Crippen LogP contribution in [0.2, 0.25) is 0 Å². The number of aliphatic hydroxyl groups excluding tert-OH is 1. The molecule has 0 radical (unpaired) electrons. The molecule has 0 spiro atoms. The number of carbonyl (C=O) groups is 2. The van der Waals surface area contributed by atoms with E-state index >= 15 is 0 Å². The average molecular weight is 784 g/mol. The fourth-order valence-corrected chi connectivity index (χ4v) is 6.69. The van der Waals surface area contributed by atoms with Gasteiger partial charge in [0, 0.05) is 19.4 Å². The van der Waals surface area contributed by atoms with Crippen LogP contribution in [0.4, 0.5) is 0 Å². The fraction of sp³-hybridized carbons (Fsp3) is 0.818. The third kappa shape index (κ3) is 41.4. The Bertz CT molecular complexity index is 986. The predicted octanol–water partition coefficient (Wildman–Crippen LogP) is 12.2. The van der Waals surface area contributed by atoms with Gasteiger partial charge in [-0.1, -0.05) is 153 Å². The number of hydrogen-bond donors (Lipinski definition) is 3. The average Bonchev–Trinajstić information content (AvgIpc) is 3.16. The van der Waals surface area contributed by atoms with Gasteiger partial charge in [0.2, 0.25) is 5.91 Å². The summed E-state index contributed by atoms with van der Waals surface area (Å²) in [5, 5.41) is 12.7. The third-order valence-corrected chi connectivity index (χ3v) is 10.3. The number of rotatable bonds is 41. The molecule has 0 saturated carbocycles. The second kappa shape index (κ2) is 40.9. The summed E-state index contributed by atoms with van der Waals surface area (Å²) >= 11 is 0. The smallest absolute Gasteiger partial charge is 0.463 e. The van der Waals surface area contributed by atoms with Crippen molar-refractivity contribution in [3.05, 3.63) is 36.5 Å². The summed E-state index contributed by atoms with van der Waals surface area (Å²) in [6, 6.07) is 0. The largest absolute Gasteiger partial charge is 0.472 e. The molecule has 2 unspecified atom stereocenters. The lowest BCUT2D eigenvalue weighted by molar-refractivity contribution is -0.147. The molecule has 0 aliphatic rings. The number of nitrogens with one attached hydrogen (secondary N) is 1. The molecule has 0 aliphatic carbocycles. The number of phosphoric acid groups is 1. The highest BCUT2D eigenvalue weighted by Crippen LogP contribution is 2.42. The van der Waals surface area contributed by atoms with E-state index in [2.05, 4.69) is 55.6 Å². The van der Waals surface area contributed by atoms with Crippen LogP contribution in [-0.2, 0) is 27.9 Å². The minimum atomic E-state index is -4.42. The van der Waals surface area contributed by atoms with Crippen LogP contribution in [0, 0.1) is 0 Å². The van der Waals surface area contributed by atoms with Gasteiger partial charge in [-0.2, -0.15) is 0 Å². The highest BCUT2D eigenvalue weighted by molar-refractivity contribution is 7.47. The van der Waals surface area contributed by atoms with Gasteiger partial charge in [0.25, 0.3) is 0 Å². The van der Waals surface area contributed by atoms with E-state index in [1.165, 1.54) is 103 Å². The van der Waals surface area contributed by atoms with Crippen LogP contribution in [0.1, 0.15) is 200 Å². The molecule has 0 saturated heterocycles. The Labute approximate surface area is 331 Å². The van der Waals surface area contributed by atoms with Crippen molar-refractivity contribution >= 4 is 19.7 Å². The Kier molecular flexibility index (Phi) is 39.5. The van der Waals surface area contributed by atoms with Crippen LogP contribution in [-0.4, -0.2) is 54.3 Å². The maximum Gasteiger partial charge on any atom is 0.472 e. The van der Waals surface area contributed by atoms with Crippen LogP contribution in [0.25, 0.3) is 0 Å². The molecule has 2 atom stereocenters. The molecular weight excluding hydrogens is 701 g/mol. The van der Waals surface area contributed by atoms with Gasteiger partial charge in [0.1, 0.15) is 12.7 Å². The van der Waals surface area contributed by atoms with Gasteiger partial charge in [-0.3, -0.25) is 18.6 Å². The van der Waals surface area contributed by atoms with Gasteiger partial charge in [-0.05, 0) is 70.6 Å². The highest BCUT2D eigenvalue weighted by Gasteiger charge is 2.23. The van der Waals surface area contributed by atoms with Crippen LogP contribution in [0.5, 0.6) is 0 Å². The molecule has 0 aromatic carbocycles. The Morgan fingerprint density at radius 2 is 1.00 bits per heavy atom. The van der Waals surface area contributed by atoms with E-state index in [4.69, 9.17) is 13.8 Å². The van der Waals surface area contributed by atoms with Crippen LogP contribution in [0.15, 0.2) is 36.5 Å². The normalized spacial score (nSPS) is 13.6. The maximum atomic E-state index is 12.1. The molecule has 0 rings (SSSR count). The number of esters is 1. The molecule has 9 nitrogen and oxygen atoms in total. The summed E-state index contributed by atoms with van der Waals surface area (Å²) in [6.07, 6.45) is 45.0. The third-order valence-electron chi connectivity index (χ3n) is 9.29. The number of phosphoric ester groups is 1. The van der Waals surface area contributed by atoms with Crippen LogP contribution < -0.4 is 5.32 Å². The summed E-state index contributed by atoms with van der Waals surface area (Å²) < 4.78 is 26.9. The summed E-state index contributed by atoms with van der Waals surface area (Å²) in [4.78, 5) is 33.9. The predicted molar refractivity (Wildman–Crippen MR) is 224 cm³/mol. The lowest BCUT2D eigenvalue weighted by Crippen LogP contribution is -2.27. The first kappa shape index (κ1) is 52.2. The lowest BCUT2D eigenvalue weighted by atomic mass is 10.1. The van der Waals surface area contributed by atoms with Crippen molar-refractivity contribution in [2.24, 2.45) is 0 Å². The zero-order chi connectivity index (χ0) is 39.6. The number of amides is 1. The van der Waals surface area contributed by atoms with Gasteiger partial charge in [0.05, 0.1) is 13.2 Å². The van der Waals surface area contributed by atoms with Crippen molar-refractivity contribution in [3.8, 4) is 0 Å². The first-order valence-corrected chi connectivity index (χ1v) is 23.5. The number of allylic oxidation sites excluding steroid dienone is 6.